The Labute approximate surface area is 113 Å². The number of rotatable bonds is 7. The van der Waals surface area contributed by atoms with Crippen molar-refractivity contribution < 1.29 is 4.79 Å². The number of benzene rings is 1. The molecule has 0 aromatic heterocycles. The molecule has 0 unspecified atom stereocenters. The van der Waals surface area contributed by atoms with E-state index in [1.54, 1.807) is 6.92 Å². The first kappa shape index (κ1) is 14.3. The molecule has 4 heteroatoms. The summed E-state index contributed by atoms with van der Waals surface area (Å²) in [6.07, 6.45) is 0.491. The van der Waals surface area contributed by atoms with Crippen LogP contribution in [0.25, 0.3) is 0 Å². The second-order valence-electron chi connectivity index (χ2n) is 3.91. The standard InChI is InChI=1S/C13H17Cl2NO/c1-11(17)10-12-2-4-13(5-3-12)16(8-6-14)9-7-15/h2-5H,6-10H2,1H3. The van der Waals surface area contributed by atoms with Crippen LogP contribution in [0.2, 0.25) is 0 Å². The molecule has 1 rings (SSSR count). The molecule has 0 radical (unpaired) electrons. The van der Waals surface area contributed by atoms with Crippen molar-refractivity contribution in [3.8, 4) is 0 Å². The highest BCUT2D eigenvalue weighted by atomic mass is 35.5. The number of hydrogen-bond donors (Lipinski definition) is 0. The summed E-state index contributed by atoms with van der Waals surface area (Å²) in [6, 6.07) is 7.98. The molecule has 2 nitrogen and oxygen atoms in total. The van der Waals surface area contributed by atoms with Crippen molar-refractivity contribution in [2.24, 2.45) is 0 Å². The number of alkyl halides is 2. The highest BCUT2D eigenvalue weighted by Crippen LogP contribution is 2.16. The van der Waals surface area contributed by atoms with E-state index in [1.807, 2.05) is 24.3 Å². The van der Waals surface area contributed by atoms with Gasteiger partial charge in [0.25, 0.3) is 0 Å². The number of halogens is 2. The van der Waals surface area contributed by atoms with E-state index in [0.29, 0.717) is 18.2 Å². The lowest BCUT2D eigenvalue weighted by molar-refractivity contribution is -0.116. The second kappa shape index (κ2) is 7.57. The molecule has 0 heterocycles. The van der Waals surface area contributed by atoms with Gasteiger partial charge >= 0.3 is 0 Å². The summed E-state index contributed by atoms with van der Waals surface area (Å²) >= 11 is 11.5. The van der Waals surface area contributed by atoms with Crippen molar-refractivity contribution in [2.45, 2.75) is 13.3 Å². The van der Waals surface area contributed by atoms with Crippen LogP contribution in [0.4, 0.5) is 5.69 Å². The molecule has 0 aliphatic rings. The third kappa shape index (κ3) is 4.97. The lowest BCUT2D eigenvalue weighted by atomic mass is 10.1. The summed E-state index contributed by atoms with van der Waals surface area (Å²) in [5.41, 5.74) is 2.14. The number of hydrogen-bond acceptors (Lipinski definition) is 2. The second-order valence-corrected chi connectivity index (χ2v) is 4.67. The monoisotopic (exact) mass is 273 g/mol. The van der Waals surface area contributed by atoms with Crippen LogP contribution in [-0.2, 0) is 11.2 Å². The minimum absolute atomic E-state index is 0.177. The van der Waals surface area contributed by atoms with Gasteiger partial charge in [0.2, 0.25) is 0 Å². The molecule has 0 bridgehead atoms. The lowest BCUT2D eigenvalue weighted by Gasteiger charge is -2.22. The van der Waals surface area contributed by atoms with Crippen molar-refractivity contribution in [1.29, 1.82) is 0 Å². The van der Waals surface area contributed by atoms with Crippen molar-refractivity contribution in [3.63, 3.8) is 0 Å². The van der Waals surface area contributed by atoms with Crippen LogP contribution in [0, 0.1) is 0 Å². The molecule has 1 aromatic carbocycles. The fourth-order valence-electron chi connectivity index (χ4n) is 1.69. The number of Topliss-reactive ketones (excluding diaryl/α,β-unsaturated/α-hetero) is 1. The van der Waals surface area contributed by atoms with E-state index in [9.17, 15) is 4.79 Å². The Hall–Kier alpha value is -0.730. The number of carbonyl (C=O) groups is 1. The topological polar surface area (TPSA) is 20.3 Å². The smallest absolute Gasteiger partial charge is 0.134 e. The van der Waals surface area contributed by atoms with Crippen LogP contribution in [0.5, 0.6) is 0 Å². The first-order valence-corrected chi connectivity index (χ1v) is 6.69. The maximum atomic E-state index is 11.0. The molecule has 0 saturated carbocycles. The number of carbonyl (C=O) groups excluding carboxylic acids is 1. The van der Waals surface area contributed by atoms with Crippen molar-refractivity contribution in [1.82, 2.24) is 0 Å². The quantitative estimate of drug-likeness (QED) is 0.712. The predicted octanol–water partition coefficient (Wildman–Crippen LogP) is 3.10. The Morgan fingerprint density at radius 1 is 1.12 bits per heavy atom. The number of anilines is 1. The summed E-state index contributed by atoms with van der Waals surface area (Å²) in [7, 11) is 0. The van der Waals surface area contributed by atoms with Crippen LogP contribution in [-0.4, -0.2) is 30.6 Å². The molecule has 1 aromatic rings. The van der Waals surface area contributed by atoms with Gasteiger partial charge in [-0.3, -0.25) is 4.79 Å². The highest BCUT2D eigenvalue weighted by molar-refractivity contribution is 6.18. The molecular formula is C13H17Cl2NO. The van der Waals surface area contributed by atoms with E-state index in [1.165, 1.54) is 0 Å². The largest absolute Gasteiger partial charge is 0.369 e. The van der Waals surface area contributed by atoms with Gasteiger partial charge in [-0.1, -0.05) is 12.1 Å². The third-order valence-electron chi connectivity index (χ3n) is 2.46. The van der Waals surface area contributed by atoms with E-state index in [-0.39, 0.29) is 5.78 Å². The van der Waals surface area contributed by atoms with E-state index in [4.69, 9.17) is 23.2 Å². The Bertz CT molecular complexity index is 345. The van der Waals surface area contributed by atoms with Crippen LogP contribution >= 0.6 is 23.2 Å². The molecule has 0 spiro atoms. The van der Waals surface area contributed by atoms with Gasteiger partial charge in [-0.25, -0.2) is 0 Å². The summed E-state index contributed by atoms with van der Waals surface area (Å²) in [5, 5.41) is 0. The van der Waals surface area contributed by atoms with Crippen molar-refractivity contribution in [2.75, 3.05) is 29.7 Å². The van der Waals surface area contributed by atoms with Gasteiger partial charge in [0.1, 0.15) is 5.78 Å². The van der Waals surface area contributed by atoms with E-state index in [0.717, 1.165) is 24.3 Å². The summed E-state index contributed by atoms with van der Waals surface area (Å²) in [6.45, 7) is 3.15. The maximum absolute atomic E-state index is 11.0. The Morgan fingerprint density at radius 3 is 2.06 bits per heavy atom. The van der Waals surface area contributed by atoms with Crippen LogP contribution in [0.3, 0.4) is 0 Å². The van der Waals surface area contributed by atoms with Crippen molar-refractivity contribution in [3.05, 3.63) is 29.8 Å². The average Bonchev–Trinajstić information content (AvgIpc) is 2.29. The lowest BCUT2D eigenvalue weighted by Crippen LogP contribution is -2.27. The SMILES string of the molecule is CC(=O)Cc1ccc(N(CCCl)CCCl)cc1. The molecular weight excluding hydrogens is 257 g/mol. The zero-order valence-electron chi connectivity index (χ0n) is 9.96. The highest BCUT2D eigenvalue weighted by Gasteiger charge is 2.05. The normalized spacial score (nSPS) is 10.3. The molecule has 0 atom stereocenters. The van der Waals surface area contributed by atoms with Gasteiger partial charge in [0.15, 0.2) is 0 Å². The van der Waals surface area contributed by atoms with Gasteiger partial charge in [-0.15, -0.1) is 23.2 Å². The number of ketones is 1. The molecule has 0 N–H and O–H groups in total. The molecule has 0 fully saturated rings. The maximum Gasteiger partial charge on any atom is 0.134 e. The van der Waals surface area contributed by atoms with Crippen LogP contribution < -0.4 is 4.90 Å². The number of nitrogens with zero attached hydrogens (tertiary/aromatic N) is 1. The van der Waals surface area contributed by atoms with Gasteiger partial charge < -0.3 is 4.90 Å². The third-order valence-corrected chi connectivity index (χ3v) is 2.80. The molecule has 0 aliphatic carbocycles. The van der Waals surface area contributed by atoms with Gasteiger partial charge in [0.05, 0.1) is 0 Å². The van der Waals surface area contributed by atoms with Gasteiger partial charge in [-0.05, 0) is 24.6 Å². The summed E-state index contributed by atoms with van der Waals surface area (Å²) in [5.74, 6) is 1.33. The fraction of sp³-hybridized carbons (Fsp3) is 0.462. The minimum Gasteiger partial charge on any atom is -0.369 e. The minimum atomic E-state index is 0.177. The van der Waals surface area contributed by atoms with Gasteiger partial charge in [-0.2, -0.15) is 0 Å². The molecule has 0 amide bonds. The zero-order valence-corrected chi connectivity index (χ0v) is 11.5. The molecule has 94 valence electrons. The fourth-order valence-corrected chi connectivity index (χ4v) is 2.09. The van der Waals surface area contributed by atoms with E-state index in [2.05, 4.69) is 4.90 Å². The summed E-state index contributed by atoms with van der Waals surface area (Å²) < 4.78 is 0. The van der Waals surface area contributed by atoms with E-state index < -0.39 is 0 Å². The van der Waals surface area contributed by atoms with Crippen molar-refractivity contribution >= 4 is 34.7 Å². The van der Waals surface area contributed by atoms with Crippen LogP contribution in [0.15, 0.2) is 24.3 Å². The first-order valence-electron chi connectivity index (χ1n) is 5.62. The Morgan fingerprint density at radius 2 is 1.65 bits per heavy atom. The van der Waals surface area contributed by atoms with Crippen LogP contribution in [0.1, 0.15) is 12.5 Å². The predicted molar refractivity (Wildman–Crippen MR) is 74.5 cm³/mol. The Kier molecular flexibility index (Phi) is 6.38. The van der Waals surface area contributed by atoms with E-state index >= 15 is 0 Å². The first-order chi connectivity index (χ1) is 8.17. The molecule has 0 aliphatic heterocycles. The average molecular weight is 274 g/mol. The molecule has 17 heavy (non-hydrogen) atoms. The molecule has 0 saturated heterocycles. The van der Waals surface area contributed by atoms with Gasteiger partial charge in [0, 0.05) is 37.0 Å². The zero-order chi connectivity index (χ0) is 12.7. The summed E-state index contributed by atoms with van der Waals surface area (Å²) in [4.78, 5) is 13.1. The Balaban J connectivity index is 2.72.